The largest absolute Gasteiger partial charge is 0.469 e. The molecule has 0 N–H and O–H groups in total. The van der Waals surface area contributed by atoms with Gasteiger partial charge >= 0.3 is 12.1 Å². The molecule has 0 saturated heterocycles. The average Bonchev–Trinajstić information content (AvgIpc) is 2.61. The van der Waals surface area contributed by atoms with Crippen molar-refractivity contribution in [1.82, 2.24) is 4.90 Å². The van der Waals surface area contributed by atoms with Crippen LogP contribution < -0.4 is 0 Å². The molecule has 4 nitrogen and oxygen atoms in total. The molecular weight excluding hydrogens is 335 g/mol. The monoisotopic (exact) mass is 357 g/mol. The van der Waals surface area contributed by atoms with Crippen LogP contribution in [0, 0.1) is 0 Å². The molecule has 1 aromatic carbocycles. The van der Waals surface area contributed by atoms with Gasteiger partial charge in [-0.2, -0.15) is 13.2 Å². The van der Waals surface area contributed by atoms with E-state index >= 15 is 0 Å². The first-order valence-corrected chi connectivity index (χ1v) is 8.38. The lowest BCUT2D eigenvalue weighted by molar-refractivity contribution is -0.141. The molecule has 0 aromatic heterocycles. The first kappa shape index (κ1) is 19.3. The van der Waals surface area contributed by atoms with Crippen molar-refractivity contribution in [2.75, 3.05) is 13.7 Å². The minimum atomic E-state index is -4.44. The second-order valence-corrected chi connectivity index (χ2v) is 6.19. The Hall–Kier alpha value is -2.05. The predicted octanol–water partition coefficient (Wildman–Crippen LogP) is 4.04. The van der Waals surface area contributed by atoms with Crippen molar-refractivity contribution in [3.05, 3.63) is 35.4 Å². The third-order valence-electron chi connectivity index (χ3n) is 4.52. The Morgan fingerprint density at radius 2 is 1.72 bits per heavy atom. The maximum Gasteiger partial charge on any atom is 0.416 e. The first-order valence-electron chi connectivity index (χ1n) is 8.38. The number of hydrogen-bond acceptors (Lipinski definition) is 3. The van der Waals surface area contributed by atoms with E-state index in [0.29, 0.717) is 0 Å². The van der Waals surface area contributed by atoms with Crippen LogP contribution in [0.1, 0.15) is 54.4 Å². The van der Waals surface area contributed by atoms with E-state index in [1.54, 1.807) is 4.90 Å². The van der Waals surface area contributed by atoms with Gasteiger partial charge in [-0.05, 0) is 37.1 Å². The Labute approximate surface area is 144 Å². The maximum absolute atomic E-state index is 12.8. The summed E-state index contributed by atoms with van der Waals surface area (Å²) in [6.45, 7) is 0.206. The summed E-state index contributed by atoms with van der Waals surface area (Å²) >= 11 is 0. The minimum Gasteiger partial charge on any atom is -0.469 e. The molecule has 0 atom stereocenters. The van der Waals surface area contributed by atoms with Gasteiger partial charge in [-0.1, -0.05) is 19.3 Å². The molecule has 0 bridgehead atoms. The molecule has 2 rings (SSSR count). The summed E-state index contributed by atoms with van der Waals surface area (Å²) in [5.74, 6) is -0.759. The van der Waals surface area contributed by atoms with Crippen molar-refractivity contribution in [3.63, 3.8) is 0 Å². The molecule has 0 aliphatic heterocycles. The fourth-order valence-corrected chi connectivity index (χ4v) is 3.12. The fraction of sp³-hybridized carbons (Fsp3) is 0.556. The number of ether oxygens (including phenoxy) is 1. The second kappa shape index (κ2) is 8.36. The van der Waals surface area contributed by atoms with Gasteiger partial charge in [-0.15, -0.1) is 0 Å². The smallest absolute Gasteiger partial charge is 0.416 e. The van der Waals surface area contributed by atoms with Gasteiger partial charge in [0.15, 0.2) is 0 Å². The third-order valence-corrected chi connectivity index (χ3v) is 4.52. The van der Waals surface area contributed by atoms with Crippen LogP contribution in [-0.4, -0.2) is 36.5 Å². The highest BCUT2D eigenvalue weighted by Gasteiger charge is 2.31. The number of nitrogens with zero attached hydrogens (tertiary/aromatic N) is 1. The average molecular weight is 357 g/mol. The summed E-state index contributed by atoms with van der Waals surface area (Å²) < 4.78 is 42.6. The number of halogens is 3. The van der Waals surface area contributed by atoms with E-state index in [1.165, 1.54) is 19.2 Å². The lowest BCUT2D eigenvalue weighted by Gasteiger charge is -2.34. The van der Waals surface area contributed by atoms with Gasteiger partial charge in [0.05, 0.1) is 19.1 Å². The van der Waals surface area contributed by atoms with Crippen LogP contribution in [0.25, 0.3) is 0 Å². The highest BCUT2D eigenvalue weighted by atomic mass is 19.4. The SMILES string of the molecule is COC(=O)CCN(C(=O)c1ccc(C(F)(F)F)cc1)C1CCCCC1. The fourth-order valence-electron chi connectivity index (χ4n) is 3.12. The molecule has 0 heterocycles. The van der Waals surface area contributed by atoms with Gasteiger partial charge in [0, 0.05) is 18.2 Å². The topological polar surface area (TPSA) is 46.6 Å². The van der Waals surface area contributed by atoms with Crippen LogP contribution in [0.3, 0.4) is 0 Å². The number of carbonyl (C=O) groups is 2. The van der Waals surface area contributed by atoms with Crippen molar-refractivity contribution in [2.45, 2.75) is 50.7 Å². The zero-order valence-electron chi connectivity index (χ0n) is 14.1. The number of rotatable bonds is 5. The van der Waals surface area contributed by atoms with E-state index in [4.69, 9.17) is 0 Å². The van der Waals surface area contributed by atoms with Gasteiger partial charge in [0.1, 0.15) is 0 Å². The van der Waals surface area contributed by atoms with Gasteiger partial charge < -0.3 is 9.64 Å². The molecule has 0 unspecified atom stereocenters. The van der Waals surface area contributed by atoms with E-state index in [9.17, 15) is 22.8 Å². The molecule has 1 aromatic rings. The summed E-state index contributed by atoms with van der Waals surface area (Å²) in [6.07, 6.45) is 0.422. The van der Waals surface area contributed by atoms with Crippen molar-refractivity contribution >= 4 is 11.9 Å². The second-order valence-electron chi connectivity index (χ2n) is 6.19. The minimum absolute atomic E-state index is 0.00759. The molecule has 1 fully saturated rings. The summed E-state index contributed by atoms with van der Waals surface area (Å²) in [6, 6.07) is 4.21. The van der Waals surface area contributed by atoms with Crippen molar-refractivity contribution in [3.8, 4) is 0 Å². The standard InChI is InChI=1S/C18H22F3NO3/c1-25-16(23)11-12-22(15-5-3-2-4-6-15)17(24)13-7-9-14(10-8-13)18(19,20)21/h7-10,15H,2-6,11-12H2,1H3. The summed E-state index contributed by atoms with van der Waals surface area (Å²) in [7, 11) is 1.28. The Balaban J connectivity index is 2.16. The Kier molecular flexibility index (Phi) is 6.45. The zero-order valence-corrected chi connectivity index (χ0v) is 14.1. The highest BCUT2D eigenvalue weighted by Crippen LogP contribution is 2.30. The van der Waals surface area contributed by atoms with Gasteiger partial charge in [0.2, 0.25) is 0 Å². The molecule has 1 aliphatic carbocycles. The summed E-state index contributed by atoms with van der Waals surface area (Å²) in [5, 5.41) is 0. The maximum atomic E-state index is 12.8. The van der Waals surface area contributed by atoms with Crippen LogP contribution in [-0.2, 0) is 15.7 Å². The zero-order chi connectivity index (χ0) is 18.4. The molecule has 1 aliphatic rings. The van der Waals surface area contributed by atoms with E-state index in [1.807, 2.05) is 0 Å². The van der Waals surface area contributed by atoms with E-state index < -0.39 is 17.7 Å². The van der Waals surface area contributed by atoms with Crippen LogP contribution >= 0.6 is 0 Å². The number of benzene rings is 1. The molecule has 0 radical (unpaired) electrons. The van der Waals surface area contributed by atoms with Crippen molar-refractivity contribution in [2.24, 2.45) is 0 Å². The Morgan fingerprint density at radius 3 is 2.24 bits per heavy atom. The quantitative estimate of drug-likeness (QED) is 0.747. The number of esters is 1. The molecule has 1 amide bonds. The van der Waals surface area contributed by atoms with E-state index in [2.05, 4.69) is 4.74 Å². The molecule has 7 heteroatoms. The summed E-state index contributed by atoms with van der Waals surface area (Å²) in [5.41, 5.74) is -0.591. The van der Waals surface area contributed by atoms with E-state index in [0.717, 1.165) is 44.2 Å². The molecule has 0 spiro atoms. The number of methoxy groups -OCH3 is 1. The normalized spacial score (nSPS) is 15.7. The Bertz CT molecular complexity index is 593. The number of amides is 1. The van der Waals surface area contributed by atoms with Crippen LogP contribution in [0.5, 0.6) is 0 Å². The van der Waals surface area contributed by atoms with Gasteiger partial charge in [-0.3, -0.25) is 9.59 Å². The lowest BCUT2D eigenvalue weighted by Crippen LogP contribution is -2.42. The molecule has 25 heavy (non-hydrogen) atoms. The first-order chi connectivity index (χ1) is 11.8. The van der Waals surface area contributed by atoms with Crippen LogP contribution in [0.2, 0.25) is 0 Å². The van der Waals surface area contributed by atoms with Crippen LogP contribution in [0.4, 0.5) is 13.2 Å². The lowest BCUT2D eigenvalue weighted by atomic mass is 9.93. The highest BCUT2D eigenvalue weighted by molar-refractivity contribution is 5.94. The van der Waals surface area contributed by atoms with Crippen molar-refractivity contribution in [1.29, 1.82) is 0 Å². The predicted molar refractivity (Wildman–Crippen MR) is 86.0 cm³/mol. The molecule has 1 saturated carbocycles. The van der Waals surface area contributed by atoms with Gasteiger partial charge in [0.25, 0.3) is 5.91 Å². The number of alkyl halides is 3. The van der Waals surface area contributed by atoms with E-state index in [-0.39, 0.29) is 30.5 Å². The summed E-state index contributed by atoms with van der Waals surface area (Å²) in [4.78, 5) is 25.8. The molecular formula is C18H22F3NO3. The third kappa shape index (κ3) is 5.21. The Morgan fingerprint density at radius 1 is 1.12 bits per heavy atom. The number of hydrogen-bond donors (Lipinski definition) is 0. The van der Waals surface area contributed by atoms with Crippen LogP contribution in [0.15, 0.2) is 24.3 Å². The molecule has 138 valence electrons. The van der Waals surface area contributed by atoms with Gasteiger partial charge in [-0.25, -0.2) is 0 Å². The van der Waals surface area contributed by atoms with Crippen molar-refractivity contribution < 1.29 is 27.5 Å². The number of carbonyl (C=O) groups excluding carboxylic acids is 2.